The molecule has 14 heavy (non-hydrogen) atoms. The predicted molar refractivity (Wildman–Crippen MR) is 68.7 cm³/mol. The van der Waals surface area contributed by atoms with Crippen LogP contribution in [0.5, 0.6) is 0 Å². The van der Waals surface area contributed by atoms with Crippen molar-refractivity contribution in [3.63, 3.8) is 0 Å². The van der Waals surface area contributed by atoms with Crippen molar-refractivity contribution in [2.45, 2.75) is 18.9 Å². The van der Waals surface area contributed by atoms with Gasteiger partial charge < -0.3 is 5.32 Å². The van der Waals surface area contributed by atoms with Crippen molar-refractivity contribution in [2.75, 3.05) is 16.8 Å². The maximum absolute atomic E-state index is 4.23. The number of aromatic nitrogens is 2. The zero-order valence-electron chi connectivity index (χ0n) is 7.74. The number of hydrogen-bond acceptors (Lipinski definition) is 4. The highest BCUT2D eigenvalue weighted by Crippen LogP contribution is 2.21. The zero-order valence-corrected chi connectivity index (χ0v) is 10.7. The van der Waals surface area contributed by atoms with Crippen LogP contribution in [0.4, 0.5) is 5.82 Å². The van der Waals surface area contributed by atoms with E-state index in [1.165, 1.54) is 24.3 Å². The Kier molecular flexibility index (Phi) is 3.86. The molecule has 0 bridgehead atoms. The lowest BCUT2D eigenvalue weighted by Gasteiger charge is -2.23. The standard InChI is InChI=1S/C9H12IN3S/c10-8-4-11-6-12-9(8)13-7-2-1-3-14-5-7/h4,6-7H,1-3,5H2,(H,11,12,13). The van der Waals surface area contributed by atoms with Crippen LogP contribution in [0.3, 0.4) is 0 Å². The summed E-state index contributed by atoms with van der Waals surface area (Å²) >= 11 is 4.28. The molecule has 2 heterocycles. The number of anilines is 1. The van der Waals surface area contributed by atoms with Crippen LogP contribution in [-0.2, 0) is 0 Å². The lowest BCUT2D eigenvalue weighted by molar-refractivity contribution is 0.681. The van der Waals surface area contributed by atoms with E-state index < -0.39 is 0 Å². The van der Waals surface area contributed by atoms with E-state index in [9.17, 15) is 0 Å². The largest absolute Gasteiger partial charge is 0.366 e. The van der Waals surface area contributed by atoms with Crippen molar-refractivity contribution in [3.05, 3.63) is 16.1 Å². The molecule has 0 aliphatic carbocycles. The summed E-state index contributed by atoms with van der Waals surface area (Å²) in [6, 6.07) is 0.581. The fourth-order valence-electron chi connectivity index (χ4n) is 1.47. The van der Waals surface area contributed by atoms with E-state index >= 15 is 0 Å². The van der Waals surface area contributed by atoms with Gasteiger partial charge >= 0.3 is 0 Å². The first-order valence-corrected chi connectivity index (χ1v) is 6.89. The summed E-state index contributed by atoms with van der Waals surface area (Å²) in [7, 11) is 0. The molecule has 0 aromatic carbocycles. The van der Waals surface area contributed by atoms with Crippen LogP contribution >= 0.6 is 34.4 Å². The second-order valence-electron chi connectivity index (χ2n) is 3.28. The van der Waals surface area contributed by atoms with Crippen LogP contribution in [0.1, 0.15) is 12.8 Å². The van der Waals surface area contributed by atoms with Crippen LogP contribution in [-0.4, -0.2) is 27.5 Å². The molecule has 0 saturated carbocycles. The van der Waals surface area contributed by atoms with E-state index in [1.807, 2.05) is 18.0 Å². The van der Waals surface area contributed by atoms with Gasteiger partial charge in [0.05, 0.1) is 3.57 Å². The van der Waals surface area contributed by atoms with Gasteiger partial charge in [0.25, 0.3) is 0 Å². The highest BCUT2D eigenvalue weighted by Gasteiger charge is 2.14. The molecule has 1 fully saturated rings. The van der Waals surface area contributed by atoms with Crippen molar-refractivity contribution in [2.24, 2.45) is 0 Å². The number of nitrogens with one attached hydrogen (secondary N) is 1. The van der Waals surface area contributed by atoms with Crippen molar-refractivity contribution >= 4 is 40.2 Å². The first-order chi connectivity index (χ1) is 6.86. The average molecular weight is 321 g/mol. The van der Waals surface area contributed by atoms with Crippen molar-refractivity contribution in [1.29, 1.82) is 0 Å². The molecule has 1 aliphatic heterocycles. The SMILES string of the molecule is Ic1cncnc1NC1CCCSC1. The zero-order chi connectivity index (χ0) is 9.80. The molecule has 1 aliphatic rings. The van der Waals surface area contributed by atoms with Crippen LogP contribution in [0, 0.1) is 3.57 Å². The lowest BCUT2D eigenvalue weighted by atomic mass is 10.2. The third-order valence-electron chi connectivity index (χ3n) is 2.17. The molecule has 1 unspecified atom stereocenters. The molecule has 3 nitrogen and oxygen atoms in total. The Balaban J connectivity index is 1.99. The molecule has 0 radical (unpaired) electrons. The van der Waals surface area contributed by atoms with E-state index in [2.05, 4.69) is 37.9 Å². The molecule has 1 atom stereocenters. The van der Waals surface area contributed by atoms with Gasteiger partial charge in [0.1, 0.15) is 12.1 Å². The number of thioether (sulfide) groups is 1. The second-order valence-corrected chi connectivity index (χ2v) is 5.59. The van der Waals surface area contributed by atoms with Gasteiger partial charge in [-0.05, 0) is 41.2 Å². The summed E-state index contributed by atoms with van der Waals surface area (Å²) in [6.07, 6.45) is 6.00. The molecule has 0 spiro atoms. The minimum atomic E-state index is 0.581. The minimum Gasteiger partial charge on any atom is -0.366 e. The molecule has 2 rings (SSSR count). The van der Waals surface area contributed by atoms with Gasteiger partial charge in [0.2, 0.25) is 0 Å². The Morgan fingerprint density at radius 1 is 1.57 bits per heavy atom. The Hall–Kier alpha value is -0.0400. The van der Waals surface area contributed by atoms with Gasteiger partial charge in [-0.2, -0.15) is 11.8 Å². The van der Waals surface area contributed by atoms with Gasteiger partial charge in [-0.15, -0.1) is 0 Å². The van der Waals surface area contributed by atoms with Crippen LogP contribution in [0.25, 0.3) is 0 Å². The Bertz CT molecular complexity index is 302. The van der Waals surface area contributed by atoms with Crippen molar-refractivity contribution < 1.29 is 0 Å². The Morgan fingerprint density at radius 2 is 2.50 bits per heavy atom. The number of hydrogen-bond donors (Lipinski definition) is 1. The van der Waals surface area contributed by atoms with E-state index in [-0.39, 0.29) is 0 Å². The molecule has 1 N–H and O–H groups in total. The topological polar surface area (TPSA) is 37.8 Å². The Morgan fingerprint density at radius 3 is 3.21 bits per heavy atom. The fourth-order valence-corrected chi connectivity index (χ4v) is 2.99. The van der Waals surface area contributed by atoms with Crippen LogP contribution in [0.15, 0.2) is 12.5 Å². The van der Waals surface area contributed by atoms with Gasteiger partial charge in [-0.25, -0.2) is 9.97 Å². The maximum atomic E-state index is 4.23. The van der Waals surface area contributed by atoms with Crippen LogP contribution in [0.2, 0.25) is 0 Å². The van der Waals surface area contributed by atoms with Gasteiger partial charge in [0, 0.05) is 18.0 Å². The highest BCUT2D eigenvalue weighted by atomic mass is 127. The van der Waals surface area contributed by atoms with Crippen molar-refractivity contribution in [1.82, 2.24) is 9.97 Å². The predicted octanol–water partition coefficient (Wildman–Crippen LogP) is 2.39. The van der Waals surface area contributed by atoms with Gasteiger partial charge in [-0.3, -0.25) is 0 Å². The molecule has 1 saturated heterocycles. The molecule has 1 aromatic heterocycles. The van der Waals surface area contributed by atoms with Gasteiger partial charge in [-0.1, -0.05) is 0 Å². The monoisotopic (exact) mass is 321 g/mol. The number of rotatable bonds is 2. The van der Waals surface area contributed by atoms with Gasteiger partial charge in [0.15, 0.2) is 0 Å². The number of halogens is 1. The fraction of sp³-hybridized carbons (Fsp3) is 0.556. The summed E-state index contributed by atoms with van der Waals surface area (Å²) in [4.78, 5) is 8.21. The third-order valence-corrected chi connectivity index (χ3v) is 4.17. The highest BCUT2D eigenvalue weighted by molar-refractivity contribution is 14.1. The second kappa shape index (κ2) is 5.16. The van der Waals surface area contributed by atoms with E-state index in [1.54, 1.807) is 6.33 Å². The quantitative estimate of drug-likeness (QED) is 0.849. The molecule has 76 valence electrons. The summed E-state index contributed by atoms with van der Waals surface area (Å²) in [6.45, 7) is 0. The van der Waals surface area contributed by atoms with E-state index in [4.69, 9.17) is 0 Å². The normalized spacial score (nSPS) is 21.9. The summed E-state index contributed by atoms with van der Waals surface area (Å²) in [5.74, 6) is 3.48. The maximum Gasteiger partial charge on any atom is 0.143 e. The van der Waals surface area contributed by atoms with Crippen molar-refractivity contribution in [3.8, 4) is 0 Å². The molecule has 5 heteroatoms. The average Bonchev–Trinajstić information content (AvgIpc) is 2.23. The summed E-state index contributed by atoms with van der Waals surface area (Å²) < 4.78 is 1.10. The molecular formula is C9H12IN3S. The summed E-state index contributed by atoms with van der Waals surface area (Å²) in [5.41, 5.74) is 0. The van der Waals surface area contributed by atoms with E-state index in [0.29, 0.717) is 6.04 Å². The number of nitrogens with zero attached hydrogens (tertiary/aromatic N) is 2. The van der Waals surface area contributed by atoms with Crippen LogP contribution < -0.4 is 5.32 Å². The Labute approximate surface area is 102 Å². The molecule has 1 aromatic rings. The van der Waals surface area contributed by atoms with E-state index in [0.717, 1.165) is 9.39 Å². The lowest BCUT2D eigenvalue weighted by Crippen LogP contribution is -2.26. The molecular weight excluding hydrogens is 309 g/mol. The third kappa shape index (κ3) is 2.73. The minimum absolute atomic E-state index is 0.581. The first-order valence-electron chi connectivity index (χ1n) is 4.66. The summed E-state index contributed by atoms with van der Waals surface area (Å²) in [5, 5.41) is 3.47. The molecule has 0 amide bonds. The smallest absolute Gasteiger partial charge is 0.143 e. The first kappa shape index (κ1) is 10.5.